The number of hydrogen-bond donors (Lipinski definition) is 0. The molecule has 1 aromatic rings. The smallest absolute Gasteiger partial charge is 0.744 e. The average Bonchev–Trinajstić information content (AvgIpc) is 2.01. The standard InChI is InChI=1S/C8H8O5S.2K/c1-5-3-2-4-6(8(9)10)7(5)14(11,12)13;;/h2-4H,1H3,(H,9,10)(H,11,12,13);;/q;2*+1/p-2. The maximum absolute atomic E-state index is 10.7. The number of hydrogen-bond acceptors (Lipinski definition) is 5. The molecule has 0 bridgehead atoms. The van der Waals surface area contributed by atoms with E-state index in [4.69, 9.17) is 0 Å². The number of benzene rings is 1. The van der Waals surface area contributed by atoms with Gasteiger partial charge < -0.3 is 14.5 Å². The topological polar surface area (TPSA) is 97.3 Å². The van der Waals surface area contributed by atoms with Crippen molar-refractivity contribution < 1.29 is 126 Å². The fourth-order valence-electron chi connectivity index (χ4n) is 1.15. The van der Waals surface area contributed by atoms with Crippen LogP contribution in [0.1, 0.15) is 15.9 Å². The summed E-state index contributed by atoms with van der Waals surface area (Å²) in [5.74, 6) is -1.68. The van der Waals surface area contributed by atoms with E-state index in [1.54, 1.807) is 0 Å². The van der Waals surface area contributed by atoms with Crippen LogP contribution in [-0.2, 0) is 10.1 Å². The largest absolute Gasteiger partial charge is 1.00 e. The maximum atomic E-state index is 10.7. The molecule has 76 valence electrons. The van der Waals surface area contributed by atoms with Crippen LogP contribution in [0.25, 0.3) is 0 Å². The van der Waals surface area contributed by atoms with Crippen LogP contribution in [0.3, 0.4) is 0 Å². The Morgan fingerprint density at radius 1 is 1.25 bits per heavy atom. The average molecular weight is 292 g/mol. The van der Waals surface area contributed by atoms with Gasteiger partial charge in [0.1, 0.15) is 10.1 Å². The van der Waals surface area contributed by atoms with Gasteiger partial charge in [0.2, 0.25) is 0 Å². The molecular weight excluding hydrogens is 286 g/mol. The predicted molar refractivity (Wildman–Crippen MR) is 43.5 cm³/mol. The Kier molecular flexibility index (Phi) is 10.3. The Balaban J connectivity index is 0. The van der Waals surface area contributed by atoms with Crippen molar-refractivity contribution in [3.63, 3.8) is 0 Å². The number of rotatable bonds is 2. The first kappa shape index (κ1) is 20.2. The molecular formula is C8H6K2O5S. The summed E-state index contributed by atoms with van der Waals surface area (Å²) in [7, 11) is -4.78. The number of carbonyl (C=O) groups excluding carboxylic acids is 1. The molecule has 1 aromatic carbocycles. The first-order chi connectivity index (χ1) is 6.34. The molecule has 0 unspecified atom stereocenters. The first-order valence-corrected chi connectivity index (χ1v) is 5.01. The van der Waals surface area contributed by atoms with E-state index in [0.29, 0.717) is 0 Å². The summed E-state index contributed by atoms with van der Waals surface area (Å²) < 4.78 is 32.2. The van der Waals surface area contributed by atoms with Gasteiger partial charge >= 0.3 is 103 Å². The van der Waals surface area contributed by atoms with Gasteiger partial charge in [-0.15, -0.1) is 0 Å². The molecule has 0 aliphatic heterocycles. The normalized spacial score (nSPS) is 9.88. The van der Waals surface area contributed by atoms with E-state index in [0.717, 1.165) is 6.07 Å². The van der Waals surface area contributed by atoms with Crippen LogP contribution in [0.5, 0.6) is 0 Å². The molecule has 0 saturated carbocycles. The van der Waals surface area contributed by atoms with Crippen molar-refractivity contribution in [2.24, 2.45) is 0 Å². The Labute approximate surface area is 179 Å². The molecule has 0 aromatic heterocycles. The van der Waals surface area contributed by atoms with Gasteiger partial charge in [0.25, 0.3) is 0 Å². The minimum atomic E-state index is -4.78. The molecule has 0 N–H and O–H groups in total. The number of carbonyl (C=O) groups is 1. The molecule has 16 heavy (non-hydrogen) atoms. The molecule has 1 rings (SSSR count). The predicted octanol–water partition coefficient (Wildman–Crippen LogP) is -6.73. The third-order valence-corrected chi connectivity index (χ3v) is 2.72. The van der Waals surface area contributed by atoms with Gasteiger partial charge in [-0.25, -0.2) is 8.42 Å². The number of carboxylic acid groups (broad SMARTS) is 1. The second kappa shape index (κ2) is 8.13. The molecule has 0 amide bonds. The summed E-state index contributed by atoms with van der Waals surface area (Å²) >= 11 is 0. The van der Waals surface area contributed by atoms with Gasteiger partial charge in [-0.05, 0) is 12.5 Å². The summed E-state index contributed by atoms with van der Waals surface area (Å²) in [6.45, 7) is 1.34. The monoisotopic (exact) mass is 292 g/mol. The SMILES string of the molecule is Cc1cccc(C(=O)[O-])c1S(=O)(=O)[O-].[K+].[K+]. The van der Waals surface area contributed by atoms with Crippen LogP contribution in [-0.4, -0.2) is 18.9 Å². The van der Waals surface area contributed by atoms with Crippen LogP contribution in [0, 0.1) is 6.92 Å². The van der Waals surface area contributed by atoms with E-state index in [2.05, 4.69) is 0 Å². The number of aryl methyl sites for hydroxylation is 1. The third-order valence-electron chi connectivity index (χ3n) is 1.68. The van der Waals surface area contributed by atoms with Crippen molar-refractivity contribution in [1.82, 2.24) is 0 Å². The van der Waals surface area contributed by atoms with E-state index in [-0.39, 0.29) is 108 Å². The van der Waals surface area contributed by atoms with Gasteiger partial charge in [0, 0.05) is 5.56 Å². The Hall–Kier alpha value is 1.87. The van der Waals surface area contributed by atoms with Gasteiger partial charge in [-0.1, -0.05) is 18.2 Å². The summed E-state index contributed by atoms with van der Waals surface area (Å²) in [6.07, 6.45) is 0. The molecule has 0 aliphatic rings. The summed E-state index contributed by atoms with van der Waals surface area (Å²) in [4.78, 5) is 9.78. The Morgan fingerprint density at radius 3 is 2.06 bits per heavy atom. The third kappa shape index (κ3) is 5.25. The van der Waals surface area contributed by atoms with E-state index in [1.807, 2.05) is 0 Å². The zero-order chi connectivity index (χ0) is 10.9. The summed E-state index contributed by atoms with van der Waals surface area (Å²) in [5, 5.41) is 10.5. The van der Waals surface area contributed by atoms with Crippen molar-refractivity contribution >= 4 is 16.1 Å². The Bertz CT molecular complexity index is 483. The van der Waals surface area contributed by atoms with Crippen LogP contribution < -0.4 is 108 Å². The number of carboxylic acids is 1. The first-order valence-electron chi connectivity index (χ1n) is 3.61. The zero-order valence-corrected chi connectivity index (χ0v) is 16.2. The molecule has 0 saturated heterocycles. The van der Waals surface area contributed by atoms with E-state index in [1.165, 1.54) is 19.1 Å². The van der Waals surface area contributed by atoms with Crippen molar-refractivity contribution in [3.05, 3.63) is 29.3 Å². The quantitative estimate of drug-likeness (QED) is 0.399. The molecule has 0 heterocycles. The van der Waals surface area contributed by atoms with Crippen LogP contribution >= 0.6 is 0 Å². The van der Waals surface area contributed by atoms with Crippen molar-refractivity contribution in [1.29, 1.82) is 0 Å². The van der Waals surface area contributed by atoms with E-state index in [9.17, 15) is 22.9 Å². The van der Waals surface area contributed by atoms with Crippen molar-refractivity contribution in [2.45, 2.75) is 11.8 Å². The number of aromatic carboxylic acids is 1. The Morgan fingerprint density at radius 2 is 1.75 bits per heavy atom. The van der Waals surface area contributed by atoms with Crippen LogP contribution in [0.15, 0.2) is 23.1 Å². The fourth-order valence-corrected chi connectivity index (χ4v) is 2.03. The van der Waals surface area contributed by atoms with Crippen LogP contribution in [0.4, 0.5) is 0 Å². The molecule has 0 fully saturated rings. The maximum Gasteiger partial charge on any atom is 1.00 e. The summed E-state index contributed by atoms with van der Waals surface area (Å²) in [6, 6.07) is 3.71. The molecule has 0 radical (unpaired) electrons. The second-order valence-electron chi connectivity index (χ2n) is 2.69. The zero-order valence-electron chi connectivity index (χ0n) is 9.18. The fraction of sp³-hybridized carbons (Fsp3) is 0.125. The van der Waals surface area contributed by atoms with E-state index >= 15 is 0 Å². The van der Waals surface area contributed by atoms with Crippen LogP contribution in [0.2, 0.25) is 0 Å². The molecule has 0 spiro atoms. The molecule has 0 aliphatic carbocycles. The van der Waals surface area contributed by atoms with Crippen molar-refractivity contribution in [2.75, 3.05) is 0 Å². The van der Waals surface area contributed by atoms with Gasteiger partial charge in [0.15, 0.2) is 0 Å². The molecule has 5 nitrogen and oxygen atoms in total. The molecule has 8 heteroatoms. The summed E-state index contributed by atoms with van der Waals surface area (Å²) in [5.41, 5.74) is -0.498. The molecule has 0 atom stereocenters. The van der Waals surface area contributed by atoms with Crippen molar-refractivity contribution in [3.8, 4) is 0 Å². The minimum Gasteiger partial charge on any atom is -0.744 e. The van der Waals surface area contributed by atoms with Gasteiger partial charge in [0.05, 0.1) is 10.9 Å². The van der Waals surface area contributed by atoms with Gasteiger partial charge in [-0.3, -0.25) is 0 Å². The second-order valence-corrected chi connectivity index (χ2v) is 4.01. The van der Waals surface area contributed by atoms with Gasteiger partial charge in [-0.2, -0.15) is 0 Å². The van der Waals surface area contributed by atoms with E-state index < -0.39 is 26.5 Å². The minimum absolute atomic E-state index is 0.